The summed E-state index contributed by atoms with van der Waals surface area (Å²) in [5.41, 5.74) is 1.80. The van der Waals surface area contributed by atoms with E-state index in [4.69, 9.17) is 21.2 Å². The quantitative estimate of drug-likeness (QED) is 0.177. The maximum Gasteiger partial charge on any atom is 0.341 e. The zero-order chi connectivity index (χ0) is 27.3. The number of nitro groups is 1. The van der Waals surface area contributed by atoms with Crippen molar-refractivity contribution in [3.8, 4) is 0 Å². The van der Waals surface area contributed by atoms with Crippen LogP contribution in [0.15, 0.2) is 48.5 Å². The molecule has 5 rings (SSSR count). The number of halogens is 1. The number of nitrogens with zero attached hydrogens (tertiary/aromatic N) is 3. The van der Waals surface area contributed by atoms with Crippen LogP contribution < -0.4 is 9.96 Å². The van der Waals surface area contributed by atoms with Crippen molar-refractivity contribution < 1.29 is 28.9 Å². The molecule has 0 unspecified atom stereocenters. The fraction of sp³-hybridized carbons (Fsp3) is 0.269. The third-order valence-electron chi connectivity index (χ3n) is 6.69. The van der Waals surface area contributed by atoms with Crippen LogP contribution in [0.25, 0.3) is 0 Å². The Labute approximate surface area is 226 Å². The number of aryl methyl sites for hydroxylation is 1. The number of nitro benzene ring substituents is 1. The molecule has 38 heavy (non-hydrogen) atoms. The molecule has 3 aromatic rings. The Balaban J connectivity index is 1.59. The third-order valence-corrected chi connectivity index (χ3v) is 8.14. The summed E-state index contributed by atoms with van der Waals surface area (Å²) >= 11 is 7.21. The number of benzene rings is 2. The van der Waals surface area contributed by atoms with Crippen molar-refractivity contribution in [1.29, 1.82) is 0 Å². The summed E-state index contributed by atoms with van der Waals surface area (Å²) in [4.78, 5) is 59.0. The zero-order valence-corrected chi connectivity index (χ0v) is 22.1. The molecular weight excluding hydrogens is 534 g/mol. The highest BCUT2D eigenvalue weighted by Gasteiger charge is 2.61. The molecule has 0 aliphatic carbocycles. The Kier molecular flexibility index (Phi) is 6.68. The molecule has 0 N–H and O–H groups in total. The topological polar surface area (TPSA) is 119 Å². The van der Waals surface area contributed by atoms with E-state index < -0.39 is 40.8 Å². The van der Waals surface area contributed by atoms with Crippen molar-refractivity contribution in [1.82, 2.24) is 0 Å². The van der Waals surface area contributed by atoms with Crippen LogP contribution in [0.1, 0.15) is 39.3 Å². The SMILES string of the molecule is CCOC(=O)c1c(N2C(=O)[C@@H]3[C@@H](ON(c4ccc(Cl)cc4)[C@H]3c3ccc([N+](=O)[O-])cc3)C2=O)sc(C)c1C. The minimum absolute atomic E-state index is 0.110. The number of anilines is 2. The molecule has 1 aromatic heterocycles. The van der Waals surface area contributed by atoms with Gasteiger partial charge in [0.25, 0.3) is 11.6 Å². The maximum atomic E-state index is 14.0. The summed E-state index contributed by atoms with van der Waals surface area (Å²) in [6.45, 7) is 5.36. The summed E-state index contributed by atoms with van der Waals surface area (Å²) in [6, 6.07) is 11.7. The van der Waals surface area contributed by atoms with Crippen LogP contribution in [0.5, 0.6) is 0 Å². The van der Waals surface area contributed by atoms with E-state index in [1.165, 1.54) is 17.2 Å². The van der Waals surface area contributed by atoms with Gasteiger partial charge in [0.2, 0.25) is 5.91 Å². The summed E-state index contributed by atoms with van der Waals surface area (Å²) in [5.74, 6) is -2.73. The van der Waals surface area contributed by atoms with Crippen LogP contribution in [0, 0.1) is 29.9 Å². The number of amides is 2. The van der Waals surface area contributed by atoms with Crippen LogP contribution in [0.4, 0.5) is 16.4 Å². The Morgan fingerprint density at radius 1 is 1.11 bits per heavy atom. The average molecular weight is 556 g/mol. The molecule has 2 fully saturated rings. The van der Waals surface area contributed by atoms with Crippen molar-refractivity contribution in [2.24, 2.45) is 5.92 Å². The van der Waals surface area contributed by atoms with Crippen molar-refractivity contribution in [2.75, 3.05) is 16.6 Å². The van der Waals surface area contributed by atoms with Crippen molar-refractivity contribution in [2.45, 2.75) is 32.9 Å². The van der Waals surface area contributed by atoms with Gasteiger partial charge in [0.15, 0.2) is 6.10 Å². The van der Waals surface area contributed by atoms with E-state index in [-0.39, 0.29) is 22.9 Å². The minimum Gasteiger partial charge on any atom is -0.462 e. The fourth-order valence-electron chi connectivity index (χ4n) is 4.77. The molecule has 0 radical (unpaired) electrons. The van der Waals surface area contributed by atoms with Gasteiger partial charge in [-0.25, -0.2) is 14.8 Å². The molecule has 2 aliphatic heterocycles. The number of fused-ring (bicyclic) bond motifs is 1. The second-order valence-electron chi connectivity index (χ2n) is 8.84. The highest BCUT2D eigenvalue weighted by Crippen LogP contribution is 2.49. The number of hydroxylamine groups is 1. The lowest BCUT2D eigenvalue weighted by atomic mass is 9.90. The monoisotopic (exact) mass is 555 g/mol. The van der Waals surface area contributed by atoms with Crippen LogP contribution >= 0.6 is 22.9 Å². The van der Waals surface area contributed by atoms with E-state index in [1.807, 2.05) is 0 Å². The first-order chi connectivity index (χ1) is 18.1. The second kappa shape index (κ2) is 9.82. The Hall–Kier alpha value is -3.80. The van der Waals surface area contributed by atoms with Gasteiger partial charge in [-0.05, 0) is 56.2 Å². The molecule has 2 amide bonds. The number of hydrogen-bond acceptors (Lipinski definition) is 9. The van der Waals surface area contributed by atoms with Crippen LogP contribution in [-0.2, 0) is 19.2 Å². The van der Waals surface area contributed by atoms with Crippen LogP contribution in [0.3, 0.4) is 0 Å². The largest absolute Gasteiger partial charge is 0.462 e. The van der Waals surface area contributed by atoms with Gasteiger partial charge in [0.1, 0.15) is 10.9 Å². The first kappa shape index (κ1) is 25.8. The smallest absolute Gasteiger partial charge is 0.341 e. The molecule has 2 saturated heterocycles. The van der Waals surface area contributed by atoms with Gasteiger partial charge in [-0.2, -0.15) is 0 Å². The maximum absolute atomic E-state index is 14.0. The van der Waals surface area contributed by atoms with Crippen LogP contribution in [-0.4, -0.2) is 35.4 Å². The Morgan fingerprint density at radius 2 is 1.76 bits per heavy atom. The van der Waals surface area contributed by atoms with E-state index >= 15 is 0 Å². The lowest BCUT2D eigenvalue weighted by Crippen LogP contribution is -2.37. The summed E-state index contributed by atoms with van der Waals surface area (Å²) in [6.07, 6.45) is -1.17. The van der Waals surface area contributed by atoms with Gasteiger partial charge >= 0.3 is 5.97 Å². The number of thiophene rings is 1. The number of carbonyl (C=O) groups excluding carboxylic acids is 3. The second-order valence-corrected chi connectivity index (χ2v) is 10.5. The van der Waals surface area contributed by atoms with Crippen molar-refractivity contribution in [3.05, 3.63) is 85.2 Å². The molecule has 0 saturated carbocycles. The van der Waals surface area contributed by atoms with E-state index in [0.29, 0.717) is 21.8 Å². The Bertz CT molecular complexity index is 1450. The van der Waals surface area contributed by atoms with Gasteiger partial charge in [-0.15, -0.1) is 11.3 Å². The van der Waals surface area contributed by atoms with Gasteiger partial charge in [0, 0.05) is 22.0 Å². The molecule has 0 spiro atoms. The van der Waals surface area contributed by atoms with E-state index in [1.54, 1.807) is 57.2 Å². The first-order valence-electron chi connectivity index (χ1n) is 11.7. The van der Waals surface area contributed by atoms with Gasteiger partial charge in [0.05, 0.1) is 28.8 Å². The van der Waals surface area contributed by atoms with E-state index in [9.17, 15) is 24.5 Å². The van der Waals surface area contributed by atoms with Gasteiger partial charge in [-0.1, -0.05) is 23.7 Å². The molecule has 2 aromatic carbocycles. The van der Waals surface area contributed by atoms with E-state index in [2.05, 4.69) is 0 Å². The molecule has 0 bridgehead atoms. The predicted octanol–water partition coefficient (Wildman–Crippen LogP) is 5.15. The fourth-order valence-corrected chi connectivity index (χ4v) is 6.05. The van der Waals surface area contributed by atoms with Gasteiger partial charge in [-0.3, -0.25) is 24.5 Å². The summed E-state index contributed by atoms with van der Waals surface area (Å²) in [7, 11) is 0. The predicted molar refractivity (Wildman–Crippen MR) is 140 cm³/mol. The number of non-ortho nitro benzene ring substituents is 1. The number of carbonyl (C=O) groups is 3. The van der Waals surface area contributed by atoms with Crippen LogP contribution in [0.2, 0.25) is 5.02 Å². The Morgan fingerprint density at radius 3 is 2.37 bits per heavy atom. The minimum atomic E-state index is -1.17. The molecule has 2 aliphatic rings. The summed E-state index contributed by atoms with van der Waals surface area (Å²) in [5, 5.41) is 13.4. The molecule has 12 heteroatoms. The normalized spacial score (nSPS) is 20.7. The molecule has 10 nitrogen and oxygen atoms in total. The highest BCUT2D eigenvalue weighted by atomic mass is 35.5. The zero-order valence-electron chi connectivity index (χ0n) is 20.5. The lowest BCUT2D eigenvalue weighted by molar-refractivity contribution is -0.384. The number of ether oxygens (including phenoxy) is 1. The third kappa shape index (κ3) is 4.12. The average Bonchev–Trinajstić information content (AvgIpc) is 3.50. The molecule has 3 atom stereocenters. The van der Waals surface area contributed by atoms with Crippen molar-refractivity contribution >= 4 is 57.1 Å². The molecular formula is C26H22ClN3O7S. The number of esters is 1. The summed E-state index contributed by atoms with van der Waals surface area (Å²) < 4.78 is 5.21. The first-order valence-corrected chi connectivity index (χ1v) is 12.9. The van der Waals surface area contributed by atoms with E-state index in [0.717, 1.165) is 21.1 Å². The highest BCUT2D eigenvalue weighted by molar-refractivity contribution is 7.17. The van der Waals surface area contributed by atoms with Crippen molar-refractivity contribution in [3.63, 3.8) is 0 Å². The number of hydrogen-bond donors (Lipinski definition) is 0. The number of rotatable bonds is 6. The van der Waals surface area contributed by atoms with Gasteiger partial charge < -0.3 is 4.74 Å². The standard InChI is InChI=1S/C26H22ClN3O7S/c1-4-36-26(33)19-13(2)14(3)38-25(19)28-23(31)20-21(15-5-9-18(10-6-15)30(34)35)29(37-22(20)24(28)32)17-11-7-16(27)8-12-17/h5-12,20-22H,4H2,1-3H3/t20-,21-,22+/m0/s1. The lowest BCUT2D eigenvalue weighted by Gasteiger charge is -2.28. The molecule has 196 valence electrons. The number of imide groups is 1. The molecule has 3 heterocycles.